The first-order valence-electron chi connectivity index (χ1n) is 2.82. The molecule has 0 N–H and O–H groups in total. The first-order valence-corrected chi connectivity index (χ1v) is 4.69. The number of halogens is 5. The third-order valence-corrected chi connectivity index (χ3v) is 3.29. The zero-order chi connectivity index (χ0) is 9.30. The number of aromatic nitrogens is 1. The van der Waals surface area contributed by atoms with Crippen LogP contribution in [0.2, 0.25) is 0 Å². The Balaban J connectivity index is 3.23. The maximum absolute atomic E-state index is 12.7. The number of rotatable bonds is 1. The van der Waals surface area contributed by atoms with Crippen LogP contribution in [0.1, 0.15) is 12.1 Å². The summed E-state index contributed by atoms with van der Waals surface area (Å²) in [6.45, 7) is 0. The average molecular weight is 352 g/mol. The number of alkyl halides is 2. The molecule has 12 heavy (non-hydrogen) atoms. The van der Waals surface area contributed by atoms with Crippen molar-refractivity contribution in [3.8, 4) is 0 Å². The summed E-state index contributed by atoms with van der Waals surface area (Å²) in [5.41, 5.74) is -0.803. The molecule has 6 heteroatoms. The predicted molar refractivity (Wildman–Crippen MR) is 49.6 cm³/mol. The first kappa shape index (κ1) is 10.2. The van der Waals surface area contributed by atoms with Crippen molar-refractivity contribution in [3.63, 3.8) is 0 Å². The Bertz CT molecular complexity index is 305. The van der Waals surface area contributed by atoms with Gasteiger partial charge in [0, 0.05) is 0 Å². The molecule has 0 bridgehead atoms. The van der Waals surface area contributed by atoms with Crippen molar-refractivity contribution >= 4 is 38.5 Å². The molecule has 0 saturated heterocycles. The van der Waals surface area contributed by atoms with Crippen molar-refractivity contribution in [2.24, 2.45) is 0 Å². The van der Waals surface area contributed by atoms with Crippen LogP contribution in [-0.4, -0.2) is 4.98 Å². The molecule has 1 aromatic rings. The van der Waals surface area contributed by atoms with Crippen LogP contribution in [0.4, 0.5) is 13.2 Å². The molecule has 66 valence electrons. The molecule has 0 amide bonds. The van der Waals surface area contributed by atoms with Crippen molar-refractivity contribution in [1.29, 1.82) is 0 Å². The van der Waals surface area contributed by atoms with Crippen LogP contribution in [0.5, 0.6) is 0 Å². The third-order valence-electron chi connectivity index (χ3n) is 1.12. The molecule has 0 saturated carbocycles. The maximum atomic E-state index is 12.7. The molecule has 0 unspecified atom stereocenters. The topological polar surface area (TPSA) is 12.9 Å². The highest BCUT2D eigenvalue weighted by molar-refractivity contribution is 14.1. The van der Waals surface area contributed by atoms with Crippen LogP contribution in [0.25, 0.3) is 0 Å². The molecule has 0 atom stereocenters. The molecule has 1 aromatic heterocycles. The molecule has 0 aliphatic heterocycles. The predicted octanol–water partition coefficient (Wildman–Crippen LogP) is 3.53. The molecule has 1 rings (SSSR count). The van der Waals surface area contributed by atoms with Gasteiger partial charge in [0.15, 0.2) is 5.82 Å². The van der Waals surface area contributed by atoms with E-state index in [-0.39, 0.29) is 0 Å². The summed E-state index contributed by atoms with van der Waals surface area (Å²) < 4.78 is 37.4. The van der Waals surface area contributed by atoms with E-state index in [0.29, 0.717) is 8.17 Å². The zero-order valence-electron chi connectivity index (χ0n) is 5.49. The summed E-state index contributed by atoms with van der Waals surface area (Å²) >= 11 is 4.72. The maximum Gasteiger partial charge on any atom is 0.283 e. The number of nitrogens with zero attached hydrogens (tertiary/aromatic N) is 1. The fourth-order valence-corrected chi connectivity index (χ4v) is 1.32. The number of hydrogen-bond donors (Lipinski definition) is 0. The van der Waals surface area contributed by atoms with Crippen molar-refractivity contribution in [2.45, 2.75) is 6.43 Å². The molecule has 0 spiro atoms. The van der Waals surface area contributed by atoms with Gasteiger partial charge in [-0.3, -0.25) is 0 Å². The van der Waals surface area contributed by atoms with E-state index in [0.717, 1.165) is 6.07 Å². The van der Waals surface area contributed by atoms with Crippen molar-refractivity contribution in [3.05, 3.63) is 25.8 Å². The van der Waals surface area contributed by atoms with Gasteiger partial charge in [0.25, 0.3) is 6.43 Å². The van der Waals surface area contributed by atoms with Crippen LogP contribution in [-0.2, 0) is 0 Å². The Hall–Kier alpha value is 0.150. The van der Waals surface area contributed by atoms with Gasteiger partial charge in [-0.2, -0.15) is 0 Å². The highest BCUT2D eigenvalue weighted by Gasteiger charge is 2.16. The molecule has 0 aliphatic rings. The van der Waals surface area contributed by atoms with E-state index in [1.165, 1.54) is 0 Å². The quantitative estimate of drug-likeness (QED) is 0.557. The van der Waals surface area contributed by atoms with Gasteiger partial charge < -0.3 is 0 Å². The Morgan fingerprint density at radius 3 is 2.58 bits per heavy atom. The lowest BCUT2D eigenvalue weighted by Gasteiger charge is -2.02. The lowest BCUT2D eigenvalue weighted by Crippen LogP contribution is -1.98. The Kier molecular flexibility index (Phi) is 3.33. The molecular weight excluding hydrogens is 350 g/mol. The minimum Gasteiger partial charge on any atom is -0.237 e. The van der Waals surface area contributed by atoms with E-state index in [9.17, 15) is 13.2 Å². The highest BCUT2D eigenvalue weighted by Crippen LogP contribution is 2.25. The van der Waals surface area contributed by atoms with Gasteiger partial charge >= 0.3 is 0 Å². The standard InChI is InChI=1S/C6H2BrF3IN/c7-2-1-3(8)4(5(9)10)12-6(2)11/h1,5H. The first-order chi connectivity index (χ1) is 5.52. The Labute approximate surface area is 88.6 Å². The third kappa shape index (κ3) is 2.09. The van der Waals surface area contributed by atoms with Crippen LogP contribution >= 0.6 is 38.5 Å². The average Bonchev–Trinajstić information content (AvgIpc) is 1.96. The van der Waals surface area contributed by atoms with E-state index in [4.69, 9.17) is 0 Å². The van der Waals surface area contributed by atoms with Crippen LogP contribution in [0, 0.1) is 9.52 Å². The molecule has 0 aromatic carbocycles. The molecular formula is C6H2BrF3IN. The van der Waals surface area contributed by atoms with Crippen molar-refractivity contribution in [1.82, 2.24) is 4.98 Å². The summed E-state index contributed by atoms with van der Waals surface area (Å²) in [7, 11) is 0. The van der Waals surface area contributed by atoms with Gasteiger partial charge in [0.1, 0.15) is 9.39 Å². The van der Waals surface area contributed by atoms with Crippen molar-refractivity contribution < 1.29 is 13.2 Å². The Morgan fingerprint density at radius 1 is 1.50 bits per heavy atom. The monoisotopic (exact) mass is 351 g/mol. The van der Waals surface area contributed by atoms with Crippen LogP contribution in [0.3, 0.4) is 0 Å². The second-order valence-electron chi connectivity index (χ2n) is 1.93. The molecule has 0 radical (unpaired) electrons. The normalized spacial score (nSPS) is 10.8. The van der Waals surface area contributed by atoms with Crippen LogP contribution < -0.4 is 0 Å². The smallest absolute Gasteiger partial charge is 0.237 e. The van der Waals surface area contributed by atoms with Gasteiger partial charge in [-0.15, -0.1) is 0 Å². The lowest BCUT2D eigenvalue weighted by molar-refractivity contribution is 0.140. The van der Waals surface area contributed by atoms with Crippen molar-refractivity contribution in [2.75, 3.05) is 0 Å². The van der Waals surface area contributed by atoms with E-state index in [1.54, 1.807) is 22.6 Å². The SMILES string of the molecule is Fc1cc(Br)c(I)nc1C(F)F. The molecule has 1 heterocycles. The van der Waals surface area contributed by atoms with Gasteiger partial charge in [-0.05, 0) is 44.6 Å². The number of hydrogen-bond acceptors (Lipinski definition) is 1. The second-order valence-corrected chi connectivity index (χ2v) is 3.80. The van der Waals surface area contributed by atoms with Gasteiger partial charge in [0.2, 0.25) is 0 Å². The summed E-state index contributed by atoms with van der Waals surface area (Å²) in [5.74, 6) is -0.989. The van der Waals surface area contributed by atoms with E-state index in [2.05, 4.69) is 20.9 Å². The van der Waals surface area contributed by atoms with Gasteiger partial charge in [0.05, 0.1) is 4.47 Å². The Morgan fingerprint density at radius 2 is 2.08 bits per heavy atom. The summed E-state index contributed by atoms with van der Waals surface area (Å²) in [4.78, 5) is 3.39. The fourth-order valence-electron chi connectivity index (χ4n) is 0.610. The minimum atomic E-state index is -2.87. The fraction of sp³-hybridized carbons (Fsp3) is 0.167. The summed E-state index contributed by atoms with van der Waals surface area (Å²) in [5, 5.41) is 0. The second kappa shape index (κ2) is 3.91. The van der Waals surface area contributed by atoms with Gasteiger partial charge in [-0.25, -0.2) is 18.2 Å². The number of pyridine rings is 1. The molecule has 1 nitrogen and oxygen atoms in total. The summed E-state index contributed by atoms with van der Waals surface area (Å²) in [6, 6.07) is 0.982. The lowest BCUT2D eigenvalue weighted by atomic mass is 10.3. The minimum absolute atomic E-state index is 0.323. The van der Waals surface area contributed by atoms with E-state index < -0.39 is 17.9 Å². The van der Waals surface area contributed by atoms with Crippen LogP contribution in [0.15, 0.2) is 10.5 Å². The van der Waals surface area contributed by atoms with E-state index >= 15 is 0 Å². The highest BCUT2D eigenvalue weighted by atomic mass is 127. The van der Waals surface area contributed by atoms with E-state index in [1.807, 2.05) is 0 Å². The zero-order valence-corrected chi connectivity index (χ0v) is 9.24. The molecule has 0 fully saturated rings. The van der Waals surface area contributed by atoms with Gasteiger partial charge in [-0.1, -0.05) is 0 Å². The molecule has 0 aliphatic carbocycles. The largest absolute Gasteiger partial charge is 0.283 e. The summed E-state index contributed by atoms with van der Waals surface area (Å²) in [6.07, 6.45) is -2.87.